The summed E-state index contributed by atoms with van der Waals surface area (Å²) in [5, 5.41) is 0. The van der Waals surface area contributed by atoms with Crippen LogP contribution in [0.3, 0.4) is 0 Å². The Labute approximate surface area is 150 Å². The Balaban J connectivity index is 3.13. The van der Waals surface area contributed by atoms with E-state index in [-0.39, 0.29) is 0 Å². The fourth-order valence-electron chi connectivity index (χ4n) is 1.31. The highest BCUT2D eigenvalue weighted by molar-refractivity contribution is 5.35. The summed E-state index contributed by atoms with van der Waals surface area (Å²) < 4.78 is 165. The van der Waals surface area contributed by atoms with Crippen molar-refractivity contribution in [3.8, 4) is 0 Å². The Morgan fingerprint density at radius 1 is 1.20 bits per heavy atom. The second-order valence-corrected chi connectivity index (χ2v) is 3.48. The molecule has 0 bridgehead atoms. The number of rotatable bonds is 6. The lowest BCUT2D eigenvalue weighted by atomic mass is 9.97. The maximum atomic E-state index is 9.14. The average Bonchev–Trinajstić information content (AvgIpc) is 2.76. The fourth-order valence-corrected chi connectivity index (χ4v) is 1.31. The van der Waals surface area contributed by atoms with E-state index in [1.165, 1.54) is 0 Å². The normalized spacial score (nSPS) is 31.3. The lowest BCUT2D eigenvalue weighted by molar-refractivity contribution is 0.0683. The van der Waals surface area contributed by atoms with Crippen molar-refractivity contribution in [3.63, 3.8) is 0 Å². The highest BCUT2D eigenvalue weighted by Gasteiger charge is 2.16. The largest absolute Gasteiger partial charge is 0.367 e. The van der Waals surface area contributed by atoms with E-state index < -0.39 is 109 Å². The molecule has 0 aromatic heterocycles. The molecular formula is C18H23NO. The number of ether oxygens (including phenoxy) is 1. The summed E-state index contributed by atoms with van der Waals surface area (Å²) in [7, 11) is 0. The van der Waals surface area contributed by atoms with Gasteiger partial charge in [0.15, 0.2) is 0 Å². The number of benzene rings is 2. The Hall–Kier alpha value is -1.64. The molecule has 2 nitrogen and oxygen atoms in total. The second kappa shape index (κ2) is 7.22. The molecule has 0 amide bonds. The molecule has 1 unspecified atom stereocenters. The first-order chi connectivity index (χ1) is 17.7. The van der Waals surface area contributed by atoms with Crippen LogP contribution in [0, 0.1) is 6.92 Å². The molecule has 0 aliphatic heterocycles. The Morgan fingerprint density at radius 3 is 2.65 bits per heavy atom. The zero-order valence-corrected chi connectivity index (χ0v) is 10.4. The second-order valence-electron chi connectivity index (χ2n) is 3.48. The van der Waals surface area contributed by atoms with Gasteiger partial charge in [0.25, 0.3) is 0 Å². The predicted octanol–water partition coefficient (Wildman–Crippen LogP) is 3.66. The summed E-state index contributed by atoms with van der Waals surface area (Å²) in [5.41, 5.74) is -2.72. The molecule has 20 heavy (non-hydrogen) atoms. The lowest BCUT2D eigenvalue weighted by Crippen LogP contribution is -2.20. The van der Waals surface area contributed by atoms with Crippen molar-refractivity contribution >= 4 is 0 Å². The standard InChI is InChI=1S/C18H23NO/c1-15-9-7-8-12-17(15)18(20-14-13-19(2)3)16-10-5-4-6-11-16/h4-12,18H,13-14H2,1-3H3/i2D3,3D3,4D,5D,6D,7D,8D,9D,10D,11D,12D,13D2,14D2,18D. The molecule has 0 aliphatic carbocycles. The van der Waals surface area contributed by atoms with Crippen LogP contribution >= 0.6 is 0 Å². The third-order valence-corrected chi connectivity index (χ3v) is 2.14. The lowest BCUT2D eigenvalue weighted by Gasteiger charge is -2.22. The molecular weight excluding hydrogens is 246 g/mol. The van der Waals surface area contributed by atoms with Crippen LogP contribution in [0.25, 0.3) is 0 Å². The van der Waals surface area contributed by atoms with E-state index in [9.17, 15) is 0 Å². The molecule has 106 valence electrons. The van der Waals surface area contributed by atoms with Crippen LogP contribution in [0.5, 0.6) is 0 Å². The molecule has 0 saturated carbocycles. The monoisotopic (exact) mass is 289 g/mol. The topological polar surface area (TPSA) is 12.5 Å². The van der Waals surface area contributed by atoms with Crippen LogP contribution in [-0.4, -0.2) is 31.9 Å². The molecule has 0 spiro atoms. The first-order valence-corrected chi connectivity index (χ1v) is 5.33. The SMILES string of the molecule is [2H]c1c([2H])c([2H])c(C([2H])(OC([2H])([2H])C([2H])([2H])N(C([2H])([2H])[2H])C([2H])([2H])[2H])c2c([2H])c([2H])c([2H])c([2H])c2C)c([2H])c1[2H]. The van der Waals surface area contributed by atoms with Crippen molar-refractivity contribution in [2.75, 3.05) is 27.0 Å². The molecule has 0 fully saturated rings. The van der Waals surface area contributed by atoms with Gasteiger partial charge in [0.2, 0.25) is 0 Å². The molecule has 0 radical (unpaired) electrons. The highest BCUT2D eigenvalue weighted by atomic mass is 16.5. The van der Waals surface area contributed by atoms with Crippen molar-refractivity contribution in [1.82, 2.24) is 4.90 Å². The van der Waals surface area contributed by atoms with Crippen molar-refractivity contribution in [1.29, 1.82) is 0 Å². The van der Waals surface area contributed by atoms with Crippen molar-refractivity contribution in [2.45, 2.75) is 13.0 Å². The molecule has 0 N–H and O–H groups in total. The van der Waals surface area contributed by atoms with Gasteiger partial charge in [-0.25, -0.2) is 0 Å². The van der Waals surface area contributed by atoms with E-state index in [1.54, 1.807) is 0 Å². The Morgan fingerprint density at radius 2 is 1.90 bits per heavy atom. The van der Waals surface area contributed by atoms with Crippen LogP contribution in [-0.2, 0) is 4.74 Å². The Bertz CT molecular complexity index is 1190. The first-order valence-electron chi connectivity index (χ1n) is 15.3. The number of likely N-dealkylation sites (N-methyl/N-ethyl adjacent to an activating group) is 1. The molecule has 0 saturated heterocycles. The summed E-state index contributed by atoms with van der Waals surface area (Å²) >= 11 is 0. The van der Waals surface area contributed by atoms with Crippen LogP contribution in [0.2, 0.25) is 0 Å². The van der Waals surface area contributed by atoms with Crippen LogP contribution < -0.4 is 0 Å². The van der Waals surface area contributed by atoms with E-state index in [2.05, 4.69) is 0 Å². The van der Waals surface area contributed by atoms with Gasteiger partial charge in [-0.2, -0.15) is 0 Å². The summed E-state index contributed by atoms with van der Waals surface area (Å²) in [6.45, 7) is -14.9. The minimum atomic E-state index is -4.18. The van der Waals surface area contributed by atoms with Crippen molar-refractivity contribution in [3.05, 3.63) is 71.1 Å². The van der Waals surface area contributed by atoms with Crippen molar-refractivity contribution < 1.29 is 32.2 Å². The maximum absolute atomic E-state index is 9.14. The van der Waals surface area contributed by atoms with E-state index in [1.807, 2.05) is 0 Å². The van der Waals surface area contributed by atoms with Crippen LogP contribution in [0.4, 0.5) is 0 Å². The Kier molecular flexibility index (Phi) is 1.29. The summed E-state index contributed by atoms with van der Waals surface area (Å²) in [6.07, 6.45) is -3.60. The van der Waals surface area contributed by atoms with Gasteiger partial charge >= 0.3 is 0 Å². The van der Waals surface area contributed by atoms with Gasteiger partial charge < -0.3 is 9.64 Å². The average molecular weight is 290 g/mol. The highest BCUT2D eigenvalue weighted by Crippen LogP contribution is 2.28. The van der Waals surface area contributed by atoms with E-state index in [4.69, 9.17) is 32.2 Å². The number of hydrogen-bond donors (Lipinski definition) is 0. The van der Waals surface area contributed by atoms with Crippen LogP contribution in [0.15, 0.2) is 54.4 Å². The fraction of sp³-hybridized carbons (Fsp3) is 0.333. The number of nitrogens with zero attached hydrogens (tertiary/aromatic N) is 1. The maximum Gasteiger partial charge on any atom is 0.108 e. The first kappa shape index (κ1) is 3.57. The third-order valence-electron chi connectivity index (χ3n) is 2.14. The zero-order chi connectivity index (χ0) is 31.7. The minimum Gasteiger partial charge on any atom is -0.367 e. The molecule has 2 aromatic rings. The van der Waals surface area contributed by atoms with E-state index in [0.717, 1.165) is 6.92 Å². The number of hydrogen-bond acceptors (Lipinski definition) is 2. The van der Waals surface area contributed by atoms with E-state index in [0.29, 0.717) is 0 Å². The third kappa shape index (κ3) is 3.92. The smallest absolute Gasteiger partial charge is 0.108 e. The molecule has 0 heterocycles. The predicted molar refractivity (Wildman–Crippen MR) is 84.0 cm³/mol. The quantitative estimate of drug-likeness (QED) is 0.804. The molecule has 0 aliphatic rings. The summed E-state index contributed by atoms with van der Waals surface area (Å²) in [4.78, 5) is -0.817. The van der Waals surface area contributed by atoms with Gasteiger partial charge in [-0.05, 0) is 37.6 Å². The summed E-state index contributed by atoms with van der Waals surface area (Å²) in [6, 6.07) is -9.16. The van der Waals surface area contributed by atoms with Gasteiger partial charge in [-0.15, -0.1) is 0 Å². The zero-order valence-electron chi connectivity index (χ0n) is 30.4. The van der Waals surface area contributed by atoms with Crippen molar-refractivity contribution in [2.24, 2.45) is 0 Å². The van der Waals surface area contributed by atoms with Crippen LogP contribution in [0.1, 0.15) is 50.2 Å². The van der Waals surface area contributed by atoms with E-state index >= 15 is 0 Å². The van der Waals surface area contributed by atoms with Gasteiger partial charge in [0.1, 0.15) is 6.08 Å². The van der Waals surface area contributed by atoms with Gasteiger partial charge in [0, 0.05) is 17.5 Å². The molecule has 2 heteroatoms. The summed E-state index contributed by atoms with van der Waals surface area (Å²) in [5.74, 6) is 0. The van der Waals surface area contributed by atoms with Gasteiger partial charge in [0.05, 0.1) is 23.0 Å². The molecule has 2 rings (SSSR count). The molecule has 1 atom stereocenters. The van der Waals surface area contributed by atoms with Gasteiger partial charge in [-0.3, -0.25) is 0 Å². The van der Waals surface area contributed by atoms with Gasteiger partial charge in [-0.1, -0.05) is 54.4 Å². The molecule has 2 aromatic carbocycles. The minimum absolute atomic E-state index is 0.521.